The van der Waals surface area contributed by atoms with Crippen molar-refractivity contribution in [3.05, 3.63) is 35.4 Å². The molecular weight excluding hydrogens is 324 g/mol. The van der Waals surface area contributed by atoms with Gasteiger partial charge in [-0.05, 0) is 52.2 Å². The van der Waals surface area contributed by atoms with Crippen molar-refractivity contribution in [2.24, 2.45) is 0 Å². The van der Waals surface area contributed by atoms with Crippen molar-refractivity contribution >= 4 is 0 Å². The quantitative estimate of drug-likeness (QED) is 0.445. The fraction of sp³-hybridized carbons (Fsp3) is 0.565. The molecule has 1 aliphatic heterocycles. The molecule has 0 spiro atoms. The summed E-state index contributed by atoms with van der Waals surface area (Å²) in [6.45, 7) is 12.4. The van der Waals surface area contributed by atoms with Gasteiger partial charge >= 0.3 is 0 Å². The highest BCUT2D eigenvalue weighted by Gasteiger charge is 2.31. The van der Waals surface area contributed by atoms with Crippen molar-refractivity contribution < 1.29 is 14.2 Å². The first-order valence-corrected chi connectivity index (χ1v) is 9.37. The summed E-state index contributed by atoms with van der Waals surface area (Å²) in [6, 6.07) is 6.15. The Hall–Kier alpha value is -1.92. The average molecular weight is 357 g/mol. The van der Waals surface area contributed by atoms with Crippen LogP contribution in [-0.4, -0.2) is 25.4 Å². The lowest BCUT2D eigenvalue weighted by Gasteiger charge is -2.24. The largest absolute Gasteiger partial charge is 0.492 e. The molecule has 0 fully saturated rings. The van der Waals surface area contributed by atoms with E-state index in [0.29, 0.717) is 13.2 Å². The first-order valence-electron chi connectivity index (χ1n) is 9.37. The van der Waals surface area contributed by atoms with Gasteiger partial charge in [0.1, 0.15) is 24.7 Å². The van der Waals surface area contributed by atoms with Gasteiger partial charge in [0.25, 0.3) is 0 Å². The molecule has 3 heteroatoms. The van der Waals surface area contributed by atoms with Gasteiger partial charge in [-0.1, -0.05) is 31.4 Å². The zero-order valence-corrected chi connectivity index (χ0v) is 16.9. The smallest absolute Gasteiger partial charge is 0.126 e. The normalized spacial score (nSPS) is 15.9. The third-order valence-electron chi connectivity index (χ3n) is 4.85. The zero-order valence-electron chi connectivity index (χ0n) is 16.9. The molecule has 0 atom stereocenters. The molecule has 0 amide bonds. The van der Waals surface area contributed by atoms with Gasteiger partial charge in [0.2, 0.25) is 0 Å². The first kappa shape index (κ1) is 20.4. The molecular formula is C23H32O3. The second-order valence-electron chi connectivity index (χ2n) is 8.30. The van der Waals surface area contributed by atoms with Gasteiger partial charge < -0.3 is 14.2 Å². The summed E-state index contributed by atoms with van der Waals surface area (Å²) < 4.78 is 17.3. The van der Waals surface area contributed by atoms with E-state index in [9.17, 15) is 0 Å². The molecule has 3 nitrogen and oxygen atoms in total. The van der Waals surface area contributed by atoms with E-state index in [-0.39, 0.29) is 11.0 Å². The van der Waals surface area contributed by atoms with Crippen LogP contribution in [0.5, 0.6) is 11.5 Å². The van der Waals surface area contributed by atoms with Gasteiger partial charge in [0, 0.05) is 17.0 Å². The number of fused-ring (bicyclic) bond motifs is 1. The highest BCUT2D eigenvalue weighted by Crippen LogP contribution is 2.40. The van der Waals surface area contributed by atoms with Crippen LogP contribution in [-0.2, 0) is 10.2 Å². The van der Waals surface area contributed by atoms with E-state index in [2.05, 4.69) is 52.7 Å². The summed E-state index contributed by atoms with van der Waals surface area (Å²) in [4.78, 5) is 0. The Labute approximate surface area is 158 Å². The third-order valence-corrected chi connectivity index (χ3v) is 4.85. The molecule has 1 heterocycles. The highest BCUT2D eigenvalue weighted by atomic mass is 16.5. The number of hydrogen-bond acceptors (Lipinski definition) is 3. The Morgan fingerprint density at radius 3 is 2.88 bits per heavy atom. The molecule has 2 rings (SSSR count). The second-order valence-corrected chi connectivity index (χ2v) is 8.30. The van der Waals surface area contributed by atoms with Crippen LogP contribution in [0.1, 0.15) is 59.4 Å². The first-order chi connectivity index (χ1) is 12.2. The molecule has 142 valence electrons. The van der Waals surface area contributed by atoms with E-state index in [0.717, 1.165) is 37.4 Å². The summed E-state index contributed by atoms with van der Waals surface area (Å²) in [5.74, 6) is 4.33. The molecule has 1 aromatic rings. The van der Waals surface area contributed by atoms with Crippen molar-refractivity contribution in [1.82, 2.24) is 0 Å². The summed E-state index contributed by atoms with van der Waals surface area (Å²) in [7, 11) is 0. The summed E-state index contributed by atoms with van der Waals surface area (Å²) in [5.41, 5.74) is 2.51. The number of hydrogen-bond donors (Lipinski definition) is 0. The third kappa shape index (κ3) is 5.81. The van der Waals surface area contributed by atoms with E-state index < -0.39 is 0 Å². The van der Waals surface area contributed by atoms with E-state index >= 15 is 0 Å². The monoisotopic (exact) mass is 356 g/mol. The lowest BCUT2D eigenvalue weighted by Crippen LogP contribution is -2.24. The molecule has 0 saturated heterocycles. The Bertz CT molecular complexity index is 677. The van der Waals surface area contributed by atoms with Gasteiger partial charge in [-0.25, -0.2) is 0 Å². The van der Waals surface area contributed by atoms with Crippen molar-refractivity contribution in [3.8, 4) is 23.8 Å². The molecule has 0 saturated carbocycles. The lowest BCUT2D eigenvalue weighted by atomic mass is 9.87. The van der Waals surface area contributed by atoms with Gasteiger partial charge in [-0.2, -0.15) is 0 Å². The molecule has 26 heavy (non-hydrogen) atoms. The molecule has 0 aliphatic carbocycles. The van der Waals surface area contributed by atoms with Crippen LogP contribution >= 0.6 is 0 Å². The summed E-state index contributed by atoms with van der Waals surface area (Å²) >= 11 is 0. The van der Waals surface area contributed by atoms with Crippen LogP contribution in [0.25, 0.3) is 0 Å². The molecule has 0 N–H and O–H groups in total. The van der Waals surface area contributed by atoms with E-state index in [1.54, 1.807) is 0 Å². The fourth-order valence-electron chi connectivity index (χ4n) is 3.09. The maximum atomic E-state index is 5.87. The lowest BCUT2D eigenvalue weighted by molar-refractivity contribution is -0.00564. The minimum atomic E-state index is -0.165. The zero-order chi connectivity index (χ0) is 19.2. The molecule has 0 radical (unpaired) electrons. The van der Waals surface area contributed by atoms with E-state index in [1.807, 2.05) is 12.1 Å². The van der Waals surface area contributed by atoms with Gasteiger partial charge in [-0.15, -0.1) is 6.42 Å². The molecule has 1 aromatic carbocycles. The van der Waals surface area contributed by atoms with Crippen molar-refractivity contribution in [2.45, 2.75) is 64.9 Å². The summed E-state index contributed by atoms with van der Waals surface area (Å²) in [5, 5.41) is 0. The van der Waals surface area contributed by atoms with Crippen LogP contribution in [0.3, 0.4) is 0 Å². The highest BCUT2D eigenvalue weighted by molar-refractivity contribution is 5.47. The number of terminal acetylenes is 1. The number of benzene rings is 1. The van der Waals surface area contributed by atoms with Crippen LogP contribution in [0.15, 0.2) is 29.8 Å². The van der Waals surface area contributed by atoms with Crippen LogP contribution in [0.2, 0.25) is 0 Å². The van der Waals surface area contributed by atoms with Gasteiger partial charge in [0.05, 0.1) is 12.2 Å². The number of rotatable bonds is 9. The number of allylic oxidation sites excluding steroid dienone is 1. The standard InChI is InChI=1S/C23H32O3/c1-7-14-26-23(5,6)13-8-9-18(2)12-15-24-19-10-11-20-21(16-19)25-17-22(20,3)4/h1,10-12,16H,8-9,13-15,17H2,2-6H3/b18-12+. The van der Waals surface area contributed by atoms with Crippen LogP contribution in [0, 0.1) is 12.3 Å². The van der Waals surface area contributed by atoms with E-state index in [1.165, 1.54) is 11.1 Å². The molecule has 0 aromatic heterocycles. The van der Waals surface area contributed by atoms with Crippen LogP contribution < -0.4 is 9.47 Å². The topological polar surface area (TPSA) is 27.7 Å². The second kappa shape index (κ2) is 8.64. The Morgan fingerprint density at radius 1 is 1.38 bits per heavy atom. The van der Waals surface area contributed by atoms with Gasteiger partial charge in [-0.3, -0.25) is 0 Å². The van der Waals surface area contributed by atoms with Crippen molar-refractivity contribution in [2.75, 3.05) is 19.8 Å². The minimum Gasteiger partial charge on any atom is -0.492 e. The summed E-state index contributed by atoms with van der Waals surface area (Å²) in [6.07, 6.45) is 10.5. The number of ether oxygens (including phenoxy) is 3. The maximum Gasteiger partial charge on any atom is 0.126 e. The average Bonchev–Trinajstić information content (AvgIpc) is 2.88. The molecule has 0 bridgehead atoms. The fourth-order valence-corrected chi connectivity index (χ4v) is 3.09. The van der Waals surface area contributed by atoms with Crippen molar-refractivity contribution in [3.63, 3.8) is 0 Å². The van der Waals surface area contributed by atoms with E-state index in [4.69, 9.17) is 20.6 Å². The SMILES string of the molecule is C#CCOC(C)(C)CCC/C(C)=C/COc1ccc2c(c1)OCC2(C)C. The predicted molar refractivity (Wildman–Crippen MR) is 107 cm³/mol. The minimum absolute atomic E-state index is 0.0854. The van der Waals surface area contributed by atoms with Crippen LogP contribution in [0.4, 0.5) is 0 Å². The maximum absolute atomic E-state index is 5.87. The Morgan fingerprint density at radius 2 is 2.15 bits per heavy atom. The Kier molecular flexibility index (Phi) is 6.78. The molecule has 1 aliphatic rings. The predicted octanol–water partition coefficient (Wildman–Crippen LogP) is 5.28. The Balaban J connectivity index is 1.76. The van der Waals surface area contributed by atoms with Gasteiger partial charge in [0.15, 0.2) is 0 Å². The molecule has 0 unspecified atom stereocenters. The van der Waals surface area contributed by atoms with Crippen molar-refractivity contribution in [1.29, 1.82) is 0 Å².